The molecule has 0 saturated heterocycles. The highest BCUT2D eigenvalue weighted by Crippen LogP contribution is 2.23. The van der Waals surface area contributed by atoms with Crippen LogP contribution in [-0.2, 0) is 11.2 Å². The molecule has 1 heterocycles. The fraction of sp³-hybridized carbons (Fsp3) is 0.400. The van der Waals surface area contributed by atoms with Crippen molar-refractivity contribution in [3.8, 4) is 0 Å². The Morgan fingerprint density at radius 1 is 1.24 bits per heavy atom. The smallest absolute Gasteiger partial charge is 0.129 e. The summed E-state index contributed by atoms with van der Waals surface area (Å²) >= 11 is 0. The Bertz CT molecular complexity index is 551. The van der Waals surface area contributed by atoms with E-state index in [9.17, 15) is 4.79 Å². The van der Waals surface area contributed by atoms with Crippen molar-refractivity contribution in [3.05, 3.63) is 35.0 Å². The largest absolute Gasteiger partial charge is 0.361 e. The van der Waals surface area contributed by atoms with E-state index in [1.807, 2.05) is 0 Å². The average molecular weight is 229 g/mol. The molecule has 0 aliphatic heterocycles. The number of Topliss-reactive ketones (excluding diaryl/α,β-unsaturated/α-hetero) is 1. The molecule has 0 spiro atoms. The van der Waals surface area contributed by atoms with Crippen LogP contribution in [0.5, 0.6) is 0 Å². The second-order valence-electron chi connectivity index (χ2n) is 4.85. The van der Waals surface area contributed by atoms with Gasteiger partial charge < -0.3 is 9.78 Å². The second-order valence-corrected chi connectivity index (χ2v) is 4.85. The maximum atomic E-state index is 10.9. The summed E-state index contributed by atoms with van der Waals surface area (Å²) in [6, 6.07) is 4.43. The zero-order valence-electron chi connectivity index (χ0n) is 10.8. The van der Waals surface area contributed by atoms with Crippen LogP contribution in [0.2, 0.25) is 0 Å². The van der Waals surface area contributed by atoms with Gasteiger partial charge in [0, 0.05) is 23.5 Å². The Balaban J connectivity index is 2.23. The minimum Gasteiger partial charge on any atom is -0.361 e. The van der Waals surface area contributed by atoms with Gasteiger partial charge in [0.25, 0.3) is 0 Å². The molecule has 1 aromatic heterocycles. The van der Waals surface area contributed by atoms with Gasteiger partial charge in [-0.25, -0.2) is 0 Å². The molecule has 0 unspecified atom stereocenters. The number of carbonyl (C=O) groups is 1. The van der Waals surface area contributed by atoms with E-state index < -0.39 is 0 Å². The molecular weight excluding hydrogens is 210 g/mol. The fourth-order valence-corrected chi connectivity index (χ4v) is 2.18. The highest BCUT2D eigenvalue weighted by Gasteiger charge is 2.06. The van der Waals surface area contributed by atoms with E-state index >= 15 is 0 Å². The minimum absolute atomic E-state index is 0.275. The third-order valence-corrected chi connectivity index (χ3v) is 3.36. The zero-order valence-corrected chi connectivity index (χ0v) is 10.8. The van der Waals surface area contributed by atoms with Crippen LogP contribution in [0.1, 0.15) is 36.5 Å². The van der Waals surface area contributed by atoms with Gasteiger partial charge in [-0.1, -0.05) is 0 Å². The molecule has 2 nitrogen and oxygen atoms in total. The Morgan fingerprint density at radius 3 is 2.65 bits per heavy atom. The summed E-state index contributed by atoms with van der Waals surface area (Å²) in [6.07, 6.45) is 4.67. The molecule has 1 aromatic carbocycles. The summed E-state index contributed by atoms with van der Waals surface area (Å²) in [4.78, 5) is 14.2. The molecule has 1 N–H and O–H groups in total. The fourth-order valence-electron chi connectivity index (χ4n) is 2.18. The van der Waals surface area contributed by atoms with E-state index in [-0.39, 0.29) is 5.78 Å². The average Bonchev–Trinajstić information content (AvgIpc) is 2.62. The highest BCUT2D eigenvalue weighted by atomic mass is 16.1. The summed E-state index contributed by atoms with van der Waals surface area (Å²) in [5, 5.41) is 1.30. The Morgan fingerprint density at radius 2 is 1.94 bits per heavy atom. The summed E-state index contributed by atoms with van der Waals surface area (Å²) in [6.45, 7) is 5.93. The Labute approximate surface area is 102 Å². The first-order chi connectivity index (χ1) is 8.08. The normalized spacial score (nSPS) is 11.0. The first-order valence-corrected chi connectivity index (χ1v) is 6.14. The number of benzene rings is 1. The predicted octanol–water partition coefficient (Wildman–Crippen LogP) is 3.70. The van der Waals surface area contributed by atoms with Gasteiger partial charge in [0.1, 0.15) is 5.78 Å². The number of rotatable bonds is 4. The van der Waals surface area contributed by atoms with Crippen molar-refractivity contribution in [2.24, 2.45) is 0 Å². The lowest BCUT2D eigenvalue weighted by atomic mass is 10.0. The van der Waals surface area contributed by atoms with Crippen LogP contribution in [0.3, 0.4) is 0 Å². The molecule has 2 heteroatoms. The van der Waals surface area contributed by atoms with Gasteiger partial charge in [-0.05, 0) is 62.4 Å². The van der Waals surface area contributed by atoms with Gasteiger partial charge in [-0.2, -0.15) is 0 Å². The zero-order chi connectivity index (χ0) is 12.4. The second kappa shape index (κ2) is 4.74. The molecule has 0 saturated carbocycles. The van der Waals surface area contributed by atoms with Crippen molar-refractivity contribution in [2.75, 3.05) is 0 Å². The van der Waals surface area contributed by atoms with E-state index in [0.717, 1.165) is 12.8 Å². The van der Waals surface area contributed by atoms with Gasteiger partial charge in [0.2, 0.25) is 0 Å². The van der Waals surface area contributed by atoms with Gasteiger partial charge in [0.15, 0.2) is 0 Å². The quantitative estimate of drug-likeness (QED) is 0.852. The molecule has 90 valence electrons. The van der Waals surface area contributed by atoms with Gasteiger partial charge in [-0.15, -0.1) is 0 Å². The van der Waals surface area contributed by atoms with Crippen LogP contribution in [0, 0.1) is 13.8 Å². The van der Waals surface area contributed by atoms with Crippen molar-refractivity contribution in [1.82, 2.24) is 4.98 Å². The van der Waals surface area contributed by atoms with Crippen molar-refractivity contribution in [3.63, 3.8) is 0 Å². The van der Waals surface area contributed by atoms with Crippen molar-refractivity contribution >= 4 is 16.7 Å². The van der Waals surface area contributed by atoms with E-state index in [1.165, 1.54) is 27.6 Å². The van der Waals surface area contributed by atoms with E-state index in [1.54, 1.807) is 6.92 Å². The molecule has 0 bridgehead atoms. The van der Waals surface area contributed by atoms with Crippen LogP contribution in [-0.4, -0.2) is 10.8 Å². The molecule has 0 amide bonds. The van der Waals surface area contributed by atoms with Gasteiger partial charge in [0.05, 0.1) is 0 Å². The minimum atomic E-state index is 0.275. The summed E-state index contributed by atoms with van der Waals surface area (Å²) in [7, 11) is 0. The van der Waals surface area contributed by atoms with Crippen LogP contribution in [0.4, 0.5) is 0 Å². The molecular formula is C15H19NO. The molecule has 0 atom stereocenters. The van der Waals surface area contributed by atoms with E-state index in [4.69, 9.17) is 0 Å². The molecule has 2 aromatic rings. The third-order valence-electron chi connectivity index (χ3n) is 3.36. The number of nitrogens with one attached hydrogen (secondary N) is 1. The molecule has 0 radical (unpaired) electrons. The van der Waals surface area contributed by atoms with Crippen LogP contribution >= 0.6 is 0 Å². The number of carbonyl (C=O) groups excluding carboxylic acids is 1. The number of hydrogen-bond acceptors (Lipinski definition) is 1. The maximum Gasteiger partial charge on any atom is 0.129 e. The number of aromatic nitrogens is 1. The van der Waals surface area contributed by atoms with E-state index in [0.29, 0.717) is 6.42 Å². The van der Waals surface area contributed by atoms with Gasteiger partial charge in [-0.3, -0.25) is 0 Å². The number of fused-ring (bicyclic) bond motifs is 1. The van der Waals surface area contributed by atoms with Crippen molar-refractivity contribution < 1.29 is 4.79 Å². The Hall–Kier alpha value is -1.57. The van der Waals surface area contributed by atoms with Crippen molar-refractivity contribution in [2.45, 2.75) is 40.0 Å². The predicted molar refractivity (Wildman–Crippen MR) is 71.4 cm³/mol. The van der Waals surface area contributed by atoms with Crippen LogP contribution in [0.15, 0.2) is 18.3 Å². The molecule has 2 rings (SSSR count). The number of aromatic amines is 1. The summed E-state index contributed by atoms with van der Waals surface area (Å²) in [5.74, 6) is 0.275. The number of hydrogen-bond donors (Lipinski definition) is 1. The maximum absolute atomic E-state index is 10.9. The first kappa shape index (κ1) is 11.9. The Kier molecular flexibility index (Phi) is 3.32. The number of H-pyrrole nitrogens is 1. The monoisotopic (exact) mass is 229 g/mol. The lowest BCUT2D eigenvalue weighted by molar-refractivity contribution is -0.117. The van der Waals surface area contributed by atoms with Crippen LogP contribution in [0.25, 0.3) is 10.9 Å². The SMILES string of the molecule is CC(=O)CCCc1c[nH]c2cc(C)c(C)cc12. The third kappa shape index (κ3) is 2.57. The van der Waals surface area contributed by atoms with Gasteiger partial charge >= 0.3 is 0 Å². The molecule has 0 aliphatic carbocycles. The topological polar surface area (TPSA) is 32.9 Å². The number of aryl methyl sites for hydroxylation is 3. The summed E-state index contributed by atoms with van der Waals surface area (Å²) < 4.78 is 0. The van der Waals surface area contributed by atoms with E-state index in [2.05, 4.69) is 37.2 Å². The molecule has 17 heavy (non-hydrogen) atoms. The lowest BCUT2D eigenvalue weighted by Gasteiger charge is -2.02. The highest BCUT2D eigenvalue weighted by molar-refractivity contribution is 5.84. The van der Waals surface area contributed by atoms with Crippen LogP contribution < -0.4 is 0 Å². The lowest BCUT2D eigenvalue weighted by Crippen LogP contribution is -1.92. The van der Waals surface area contributed by atoms with Crippen molar-refractivity contribution in [1.29, 1.82) is 0 Å². The molecule has 0 fully saturated rings. The standard InChI is InChI=1S/C15H19NO/c1-10-7-14-13(6-4-5-12(3)17)9-16-15(14)8-11(10)2/h7-9,16H,4-6H2,1-3H3. The summed E-state index contributed by atoms with van der Waals surface area (Å²) in [5.41, 5.74) is 5.16. The first-order valence-electron chi connectivity index (χ1n) is 6.14. The number of ketones is 1. The molecule has 0 aliphatic rings.